The molecule has 0 bridgehead atoms. The maximum Gasteiger partial charge on any atom is 0.326 e. The summed E-state index contributed by atoms with van der Waals surface area (Å²) in [6.45, 7) is 0.410. The molecular formula is C8H12N5O2S+. The number of quaternary nitrogens is 1. The highest BCUT2D eigenvalue weighted by Crippen LogP contribution is 2.20. The fraction of sp³-hybridized carbons (Fsp3) is 0.375. The lowest BCUT2D eigenvalue weighted by molar-refractivity contribution is -0.420. The highest BCUT2D eigenvalue weighted by Gasteiger charge is 2.34. The summed E-state index contributed by atoms with van der Waals surface area (Å²) in [6.07, 6.45) is 1.91. The van der Waals surface area contributed by atoms with Crippen LogP contribution in [0, 0.1) is 0 Å². The molecule has 0 spiro atoms. The van der Waals surface area contributed by atoms with Crippen LogP contribution in [0.3, 0.4) is 0 Å². The molecule has 1 aliphatic rings. The number of carboxylic acid groups (broad SMARTS) is 1. The standard InChI is InChI=1S/C8H11N5O2S/c9-12-8(16)13-2-5-4(10-3-11-5)1-6(13)7(14)15/h3,6H,1-2,9H2,(H,10,11)(H,12,16)(H,14,15)/p+1. The molecular weight excluding hydrogens is 230 g/mol. The molecule has 8 heteroatoms. The topological polar surface area (TPSA) is 109 Å². The smallest absolute Gasteiger partial charge is 0.326 e. The van der Waals surface area contributed by atoms with Crippen molar-refractivity contribution in [2.24, 2.45) is 0 Å². The first kappa shape index (κ1) is 10.8. The number of rotatable bonds is 1. The van der Waals surface area contributed by atoms with E-state index in [2.05, 4.69) is 21.2 Å². The lowest BCUT2D eigenvalue weighted by Gasteiger charge is -2.32. The summed E-state index contributed by atoms with van der Waals surface area (Å²) in [7, 11) is 0. The summed E-state index contributed by atoms with van der Waals surface area (Å²) in [5, 5.41) is 9.46. The summed E-state index contributed by atoms with van der Waals surface area (Å²) >= 11 is 5.03. The fourth-order valence-corrected chi connectivity index (χ4v) is 1.96. The van der Waals surface area contributed by atoms with E-state index in [0.29, 0.717) is 18.1 Å². The SMILES string of the molecule is [NH3+]NC(=S)N1Cc2[nH]cnc2CC1C(=O)O. The average Bonchev–Trinajstić information content (AvgIpc) is 2.73. The van der Waals surface area contributed by atoms with Crippen molar-refractivity contribution in [1.82, 2.24) is 20.3 Å². The first-order valence-corrected chi connectivity index (χ1v) is 5.12. The zero-order chi connectivity index (χ0) is 11.7. The van der Waals surface area contributed by atoms with E-state index < -0.39 is 12.0 Å². The van der Waals surface area contributed by atoms with Gasteiger partial charge < -0.3 is 15.0 Å². The van der Waals surface area contributed by atoms with Gasteiger partial charge in [0.05, 0.1) is 24.3 Å². The molecule has 2 rings (SSSR count). The quantitative estimate of drug-likeness (QED) is 0.343. The third kappa shape index (κ3) is 1.72. The Morgan fingerprint density at radius 2 is 2.56 bits per heavy atom. The Kier molecular flexibility index (Phi) is 2.75. The molecule has 2 heterocycles. The lowest BCUT2D eigenvalue weighted by atomic mass is 10.0. The van der Waals surface area contributed by atoms with E-state index in [1.165, 1.54) is 0 Å². The van der Waals surface area contributed by atoms with Gasteiger partial charge in [-0.25, -0.2) is 15.2 Å². The Hall–Kier alpha value is -1.67. The van der Waals surface area contributed by atoms with Gasteiger partial charge in [-0.1, -0.05) is 0 Å². The fourth-order valence-electron chi connectivity index (χ4n) is 1.77. The van der Waals surface area contributed by atoms with Gasteiger partial charge in [0, 0.05) is 6.42 Å². The van der Waals surface area contributed by atoms with Crippen LogP contribution in [0.1, 0.15) is 11.4 Å². The number of nitrogens with one attached hydrogen (secondary N) is 2. The number of imidazole rings is 1. The number of nitrogens with zero attached hydrogens (tertiary/aromatic N) is 2. The van der Waals surface area contributed by atoms with Crippen LogP contribution >= 0.6 is 12.2 Å². The van der Waals surface area contributed by atoms with Crippen LogP contribution in [0.4, 0.5) is 0 Å². The van der Waals surface area contributed by atoms with Crippen LogP contribution in [-0.2, 0) is 17.8 Å². The molecule has 1 unspecified atom stereocenters. The zero-order valence-corrected chi connectivity index (χ0v) is 9.25. The molecule has 86 valence electrons. The van der Waals surface area contributed by atoms with Crippen molar-refractivity contribution < 1.29 is 15.7 Å². The molecule has 0 aromatic carbocycles. The van der Waals surface area contributed by atoms with Gasteiger partial charge in [0.15, 0.2) is 0 Å². The van der Waals surface area contributed by atoms with Crippen LogP contribution in [0.15, 0.2) is 6.33 Å². The molecule has 0 saturated heterocycles. The Bertz CT molecular complexity index is 432. The normalized spacial score (nSPS) is 19.1. The van der Waals surface area contributed by atoms with Crippen molar-refractivity contribution in [2.75, 3.05) is 0 Å². The number of aromatic nitrogens is 2. The third-order valence-corrected chi connectivity index (χ3v) is 2.97. The van der Waals surface area contributed by atoms with Gasteiger partial charge in [-0.2, -0.15) is 0 Å². The van der Waals surface area contributed by atoms with Crippen molar-refractivity contribution in [3.8, 4) is 0 Å². The molecule has 7 nitrogen and oxygen atoms in total. The summed E-state index contributed by atoms with van der Waals surface area (Å²) in [4.78, 5) is 19.8. The number of carbonyl (C=O) groups is 1. The molecule has 6 N–H and O–H groups in total. The molecule has 0 saturated carbocycles. The summed E-state index contributed by atoms with van der Waals surface area (Å²) < 4.78 is 0. The molecule has 0 fully saturated rings. The predicted octanol–water partition coefficient (Wildman–Crippen LogP) is -1.75. The molecule has 1 aromatic heterocycles. The van der Waals surface area contributed by atoms with E-state index in [4.69, 9.17) is 17.3 Å². The van der Waals surface area contributed by atoms with Crippen molar-refractivity contribution in [3.05, 3.63) is 17.7 Å². The summed E-state index contributed by atoms with van der Waals surface area (Å²) in [5.74, 6) is 2.54. The van der Waals surface area contributed by atoms with Gasteiger partial charge in [-0.3, -0.25) is 5.84 Å². The Labute approximate surface area is 96.6 Å². The second kappa shape index (κ2) is 4.06. The van der Waals surface area contributed by atoms with Crippen molar-refractivity contribution in [1.29, 1.82) is 0 Å². The first-order valence-electron chi connectivity index (χ1n) is 4.71. The monoisotopic (exact) mass is 242 g/mol. The van der Waals surface area contributed by atoms with Crippen molar-refractivity contribution in [2.45, 2.75) is 19.0 Å². The Morgan fingerprint density at radius 3 is 3.19 bits per heavy atom. The largest absolute Gasteiger partial charge is 0.480 e. The van der Waals surface area contributed by atoms with Crippen LogP contribution in [0.25, 0.3) is 0 Å². The number of thiocarbonyl (C=S) groups is 1. The average molecular weight is 242 g/mol. The highest BCUT2D eigenvalue weighted by atomic mass is 32.1. The minimum absolute atomic E-state index is 0.327. The van der Waals surface area contributed by atoms with E-state index in [-0.39, 0.29) is 0 Å². The molecule has 1 aromatic rings. The maximum atomic E-state index is 11.1. The van der Waals surface area contributed by atoms with E-state index in [9.17, 15) is 4.79 Å². The Balaban J connectivity index is 2.30. The highest BCUT2D eigenvalue weighted by molar-refractivity contribution is 7.80. The van der Waals surface area contributed by atoms with Gasteiger partial charge in [0.1, 0.15) is 6.04 Å². The van der Waals surface area contributed by atoms with Gasteiger partial charge in [0.25, 0.3) is 0 Å². The molecule has 1 aliphatic heterocycles. The minimum atomic E-state index is -0.911. The second-order valence-electron chi connectivity index (χ2n) is 3.50. The van der Waals surface area contributed by atoms with Crippen LogP contribution < -0.4 is 11.3 Å². The number of aliphatic carboxylic acids is 1. The number of carboxylic acids is 1. The molecule has 16 heavy (non-hydrogen) atoms. The van der Waals surface area contributed by atoms with E-state index in [1.807, 2.05) is 0 Å². The van der Waals surface area contributed by atoms with E-state index >= 15 is 0 Å². The number of aromatic amines is 1. The number of hydrogen-bond acceptors (Lipinski definition) is 3. The van der Waals surface area contributed by atoms with Crippen LogP contribution in [-0.4, -0.2) is 37.1 Å². The van der Waals surface area contributed by atoms with Crippen LogP contribution in [0.2, 0.25) is 0 Å². The summed E-state index contributed by atoms with van der Waals surface area (Å²) in [5.41, 5.74) is 4.24. The van der Waals surface area contributed by atoms with Gasteiger partial charge in [0.2, 0.25) is 5.11 Å². The maximum absolute atomic E-state index is 11.1. The number of fused-ring (bicyclic) bond motifs is 1. The van der Waals surface area contributed by atoms with E-state index in [0.717, 1.165) is 11.4 Å². The molecule has 0 amide bonds. The number of H-pyrrole nitrogens is 1. The molecule has 0 radical (unpaired) electrons. The van der Waals surface area contributed by atoms with Crippen molar-refractivity contribution >= 4 is 23.3 Å². The second-order valence-corrected chi connectivity index (χ2v) is 3.88. The van der Waals surface area contributed by atoms with E-state index in [1.54, 1.807) is 11.2 Å². The number of hydrogen-bond donors (Lipinski definition) is 4. The Morgan fingerprint density at radius 1 is 1.81 bits per heavy atom. The third-order valence-electron chi connectivity index (χ3n) is 2.60. The molecule has 0 aliphatic carbocycles. The summed E-state index contributed by atoms with van der Waals surface area (Å²) in [6, 6.07) is -0.683. The van der Waals surface area contributed by atoms with Crippen molar-refractivity contribution in [3.63, 3.8) is 0 Å². The predicted molar refractivity (Wildman–Crippen MR) is 57.9 cm³/mol. The molecule has 1 atom stereocenters. The van der Waals surface area contributed by atoms with Crippen LogP contribution in [0.5, 0.6) is 0 Å². The van der Waals surface area contributed by atoms with Gasteiger partial charge in [-0.15, -0.1) is 0 Å². The first-order chi connectivity index (χ1) is 7.63. The zero-order valence-electron chi connectivity index (χ0n) is 8.43. The van der Waals surface area contributed by atoms with Gasteiger partial charge in [-0.05, 0) is 12.2 Å². The lowest BCUT2D eigenvalue weighted by Crippen LogP contribution is -2.71. The minimum Gasteiger partial charge on any atom is -0.480 e. The van der Waals surface area contributed by atoms with Gasteiger partial charge >= 0.3 is 5.97 Å².